The summed E-state index contributed by atoms with van der Waals surface area (Å²) in [5.74, 6) is 0. The van der Waals surface area contributed by atoms with Gasteiger partial charge in [0.15, 0.2) is 0 Å². The summed E-state index contributed by atoms with van der Waals surface area (Å²) in [6.07, 6.45) is 18.3. The zero-order valence-corrected chi connectivity index (χ0v) is 17.9. The summed E-state index contributed by atoms with van der Waals surface area (Å²) in [5, 5.41) is 0. The molecule has 0 amide bonds. The van der Waals surface area contributed by atoms with E-state index in [0.29, 0.717) is 9.12 Å². The summed E-state index contributed by atoms with van der Waals surface area (Å²) >= 11 is 0. The lowest BCUT2D eigenvalue weighted by Gasteiger charge is -2.18. The molecule has 0 aromatic heterocycles. The van der Waals surface area contributed by atoms with Crippen molar-refractivity contribution < 1.29 is 9.13 Å². The number of hydrogen-bond acceptors (Lipinski definition) is 2. The number of unbranched alkanes of at least 4 members (excludes halogenated alkanes) is 9. The van der Waals surface area contributed by atoms with Gasteiger partial charge in [0, 0.05) is 18.5 Å². The van der Waals surface area contributed by atoms with Crippen LogP contribution in [0.5, 0.6) is 0 Å². The van der Waals surface area contributed by atoms with Crippen LogP contribution in [0, 0.1) is 0 Å². The van der Waals surface area contributed by atoms with Crippen molar-refractivity contribution in [1.29, 1.82) is 0 Å². The molecule has 0 spiro atoms. The van der Waals surface area contributed by atoms with Gasteiger partial charge in [-0.1, -0.05) is 78.6 Å². The lowest BCUT2D eigenvalue weighted by molar-refractivity contribution is 0.561. The molecule has 0 heterocycles. The van der Waals surface area contributed by atoms with Crippen molar-refractivity contribution in [2.75, 3.05) is 18.5 Å². The van der Waals surface area contributed by atoms with E-state index in [1.807, 2.05) is 0 Å². The van der Waals surface area contributed by atoms with Crippen LogP contribution in [0.25, 0.3) is 0 Å². The van der Waals surface area contributed by atoms with E-state index in [2.05, 4.69) is 20.8 Å². The molecule has 0 aliphatic heterocycles. The lowest BCUT2D eigenvalue weighted by atomic mass is 10.2. The SMILES string of the molecule is CCCCCCP(=O)(CCCCCC)CCCCCC.O=[PH3]. The van der Waals surface area contributed by atoms with Crippen LogP contribution in [0.2, 0.25) is 0 Å². The first-order valence-electron chi connectivity index (χ1n) is 9.54. The molecule has 0 aliphatic carbocycles. The van der Waals surface area contributed by atoms with Gasteiger partial charge < -0.3 is 9.13 Å². The summed E-state index contributed by atoms with van der Waals surface area (Å²) in [4.78, 5) is 0. The van der Waals surface area contributed by atoms with Crippen LogP contribution in [-0.2, 0) is 9.13 Å². The quantitative estimate of drug-likeness (QED) is 0.234. The maximum absolute atomic E-state index is 13.1. The van der Waals surface area contributed by atoms with Gasteiger partial charge >= 0.3 is 0 Å². The topological polar surface area (TPSA) is 34.1 Å². The van der Waals surface area contributed by atoms with Crippen LogP contribution in [0.3, 0.4) is 0 Å². The molecule has 0 saturated carbocycles. The molecule has 136 valence electrons. The molecule has 1 unspecified atom stereocenters. The Labute approximate surface area is 142 Å². The van der Waals surface area contributed by atoms with Gasteiger partial charge in [-0.05, 0) is 19.3 Å². The molecule has 4 heteroatoms. The fraction of sp³-hybridized carbons (Fsp3) is 1.00. The van der Waals surface area contributed by atoms with Crippen LogP contribution in [-0.4, -0.2) is 18.5 Å². The van der Waals surface area contributed by atoms with Crippen molar-refractivity contribution >= 4 is 16.3 Å². The van der Waals surface area contributed by atoms with E-state index in [1.165, 1.54) is 77.0 Å². The highest BCUT2D eigenvalue weighted by Gasteiger charge is 2.20. The monoisotopic (exact) mass is 352 g/mol. The van der Waals surface area contributed by atoms with Crippen LogP contribution in [0.4, 0.5) is 0 Å². The van der Waals surface area contributed by atoms with Crippen LogP contribution >= 0.6 is 16.3 Å². The standard InChI is InChI=1S/C18H39OP.H3OP/c1-4-7-10-13-16-20(19,17-14-11-8-5-2)18-15-12-9-6-3;1-2/h4-18H2,1-3H3;2H3. The van der Waals surface area contributed by atoms with E-state index >= 15 is 0 Å². The molecular formula is C18H42O2P2. The van der Waals surface area contributed by atoms with Crippen LogP contribution < -0.4 is 0 Å². The smallest absolute Gasteiger partial charge is 0.0877 e. The largest absolute Gasteiger partial charge is 0.333 e. The third kappa shape index (κ3) is 16.8. The van der Waals surface area contributed by atoms with Gasteiger partial charge in [0.1, 0.15) is 0 Å². The third-order valence-electron chi connectivity index (χ3n) is 4.26. The van der Waals surface area contributed by atoms with Gasteiger partial charge in [-0.25, -0.2) is 0 Å². The molecule has 0 rings (SSSR count). The predicted octanol–water partition coefficient (Wildman–Crippen LogP) is 7.03. The maximum atomic E-state index is 13.1. The first-order chi connectivity index (χ1) is 10.7. The molecule has 1 atom stereocenters. The Morgan fingerprint density at radius 1 is 0.545 bits per heavy atom. The fourth-order valence-corrected chi connectivity index (χ4v) is 5.89. The Balaban J connectivity index is 0. The lowest BCUT2D eigenvalue weighted by Crippen LogP contribution is -2.01. The highest BCUT2D eigenvalue weighted by atomic mass is 31.2. The summed E-state index contributed by atoms with van der Waals surface area (Å²) in [6, 6.07) is 0. The van der Waals surface area contributed by atoms with Crippen molar-refractivity contribution in [3.05, 3.63) is 0 Å². The zero-order chi connectivity index (χ0) is 17.1. The van der Waals surface area contributed by atoms with Crippen molar-refractivity contribution in [3.63, 3.8) is 0 Å². The molecule has 0 saturated heterocycles. The molecule has 0 aliphatic rings. The second-order valence-corrected chi connectivity index (χ2v) is 9.87. The van der Waals surface area contributed by atoms with Gasteiger partial charge in [-0.3, -0.25) is 0 Å². The second-order valence-electron chi connectivity index (χ2n) is 6.41. The van der Waals surface area contributed by atoms with Crippen LogP contribution in [0.1, 0.15) is 97.8 Å². The fourth-order valence-electron chi connectivity index (χ4n) is 2.82. The Morgan fingerprint density at radius 2 is 0.818 bits per heavy atom. The third-order valence-corrected chi connectivity index (χ3v) is 7.65. The zero-order valence-electron chi connectivity index (χ0n) is 15.6. The van der Waals surface area contributed by atoms with Crippen molar-refractivity contribution in [2.45, 2.75) is 97.8 Å². The minimum absolute atomic E-state index is 0.611. The minimum Gasteiger partial charge on any atom is -0.333 e. The van der Waals surface area contributed by atoms with E-state index in [-0.39, 0.29) is 0 Å². The summed E-state index contributed by atoms with van der Waals surface area (Å²) in [7, 11) is -1.23. The minimum atomic E-state index is -1.84. The summed E-state index contributed by atoms with van der Waals surface area (Å²) in [6.45, 7) is 6.74. The molecular weight excluding hydrogens is 310 g/mol. The molecule has 0 fully saturated rings. The number of hydrogen-bond donors (Lipinski definition) is 0. The first-order valence-corrected chi connectivity index (χ1v) is 12.4. The normalized spacial score (nSPS) is 11.2. The van der Waals surface area contributed by atoms with Gasteiger partial charge in [-0.15, -0.1) is 0 Å². The van der Waals surface area contributed by atoms with E-state index in [0.717, 1.165) is 18.5 Å². The average molecular weight is 352 g/mol. The Kier molecular flexibility index (Phi) is 21.9. The van der Waals surface area contributed by atoms with Gasteiger partial charge in [0.2, 0.25) is 0 Å². The van der Waals surface area contributed by atoms with E-state index in [4.69, 9.17) is 4.57 Å². The highest BCUT2D eigenvalue weighted by molar-refractivity contribution is 7.63. The van der Waals surface area contributed by atoms with E-state index in [1.54, 1.807) is 0 Å². The predicted molar refractivity (Wildman–Crippen MR) is 106 cm³/mol. The molecule has 0 radical (unpaired) electrons. The second kappa shape index (κ2) is 19.5. The van der Waals surface area contributed by atoms with Crippen molar-refractivity contribution in [1.82, 2.24) is 0 Å². The molecule has 22 heavy (non-hydrogen) atoms. The van der Waals surface area contributed by atoms with Crippen molar-refractivity contribution in [3.8, 4) is 0 Å². The Bertz CT molecular complexity index is 219. The molecule has 0 N–H and O–H groups in total. The van der Waals surface area contributed by atoms with Crippen molar-refractivity contribution in [2.24, 2.45) is 0 Å². The number of rotatable bonds is 15. The first kappa shape index (κ1) is 24.7. The van der Waals surface area contributed by atoms with Gasteiger partial charge in [0.05, 0.1) is 16.3 Å². The summed E-state index contributed by atoms with van der Waals surface area (Å²) in [5.41, 5.74) is 0. The van der Waals surface area contributed by atoms with E-state index in [9.17, 15) is 4.57 Å². The van der Waals surface area contributed by atoms with Gasteiger partial charge in [0.25, 0.3) is 0 Å². The average Bonchev–Trinajstić information content (AvgIpc) is 2.55. The molecule has 0 aromatic carbocycles. The van der Waals surface area contributed by atoms with E-state index < -0.39 is 7.14 Å². The Morgan fingerprint density at radius 3 is 1.05 bits per heavy atom. The summed E-state index contributed by atoms with van der Waals surface area (Å²) < 4.78 is 21.4. The Hall–Kier alpha value is 0.460. The molecule has 2 nitrogen and oxygen atoms in total. The highest BCUT2D eigenvalue weighted by Crippen LogP contribution is 2.48. The molecule has 0 bridgehead atoms. The maximum Gasteiger partial charge on any atom is 0.0877 e. The molecule has 0 aromatic rings. The van der Waals surface area contributed by atoms with Gasteiger partial charge in [-0.2, -0.15) is 0 Å². The van der Waals surface area contributed by atoms with Crippen LogP contribution in [0.15, 0.2) is 0 Å².